The maximum absolute atomic E-state index is 9.42. The minimum absolute atomic E-state index is 0.104. The molecule has 0 unspecified atom stereocenters. The average Bonchev–Trinajstić information content (AvgIpc) is 0.811. The number of carbonyl (C=O) groups excluding carboxylic acids is 1. The second-order valence-corrected chi connectivity index (χ2v) is 1.84. The summed E-state index contributed by atoms with van der Waals surface area (Å²) in [6.45, 7) is 1.50. The second kappa shape index (κ2) is 1.54. The molecule has 0 amide bonds. The van der Waals surface area contributed by atoms with E-state index in [1.807, 2.05) is 16.9 Å². The SMILES string of the molecule is CC(=O)[As]. The van der Waals surface area contributed by atoms with Gasteiger partial charge in [-0.05, 0) is 0 Å². The van der Waals surface area contributed by atoms with Gasteiger partial charge in [-0.1, -0.05) is 0 Å². The molecule has 0 spiro atoms. The molecule has 0 heterocycles. The molecular weight excluding hydrogens is 115 g/mol. The van der Waals surface area contributed by atoms with E-state index in [-0.39, 0.29) is 4.57 Å². The number of carbonyl (C=O) groups is 1. The van der Waals surface area contributed by atoms with Crippen LogP contribution in [0.15, 0.2) is 0 Å². The first-order chi connectivity index (χ1) is 1.73. The van der Waals surface area contributed by atoms with Gasteiger partial charge in [0.1, 0.15) is 0 Å². The zero-order valence-corrected chi connectivity index (χ0v) is 4.23. The molecule has 0 rings (SSSR count). The van der Waals surface area contributed by atoms with E-state index in [2.05, 4.69) is 0 Å². The van der Waals surface area contributed by atoms with Crippen LogP contribution in [0.3, 0.4) is 0 Å². The van der Waals surface area contributed by atoms with Gasteiger partial charge in [0.25, 0.3) is 0 Å². The molecule has 2 radical (unpaired) electrons. The van der Waals surface area contributed by atoms with E-state index < -0.39 is 0 Å². The Morgan fingerprint density at radius 2 is 2.00 bits per heavy atom. The van der Waals surface area contributed by atoms with E-state index in [9.17, 15) is 4.79 Å². The Morgan fingerprint density at radius 3 is 2.00 bits per heavy atom. The fourth-order valence-electron chi connectivity index (χ4n) is 0. The molecule has 0 aromatic rings. The molecule has 0 aromatic heterocycles. The zero-order chi connectivity index (χ0) is 3.58. The van der Waals surface area contributed by atoms with Crippen LogP contribution in [0, 0.1) is 0 Å². The van der Waals surface area contributed by atoms with Crippen LogP contribution in [0.25, 0.3) is 0 Å². The minimum atomic E-state index is 0.104. The molecule has 0 N–H and O–H groups in total. The van der Waals surface area contributed by atoms with Crippen molar-refractivity contribution < 1.29 is 4.79 Å². The molecule has 0 aliphatic rings. The molecule has 2 heteroatoms. The molecule has 0 saturated carbocycles. The number of hydrogen-bond donors (Lipinski definition) is 0. The van der Waals surface area contributed by atoms with Crippen LogP contribution in [0.5, 0.6) is 0 Å². The first-order valence-electron chi connectivity index (χ1n) is 0.928. The van der Waals surface area contributed by atoms with E-state index in [1.54, 1.807) is 0 Å². The van der Waals surface area contributed by atoms with Crippen LogP contribution in [-0.2, 0) is 4.79 Å². The number of rotatable bonds is 0. The maximum atomic E-state index is 9.42. The van der Waals surface area contributed by atoms with Gasteiger partial charge in [-0.2, -0.15) is 0 Å². The van der Waals surface area contributed by atoms with Crippen molar-refractivity contribution in [3.05, 3.63) is 0 Å². The summed E-state index contributed by atoms with van der Waals surface area (Å²) < 4.78 is 0.104. The summed E-state index contributed by atoms with van der Waals surface area (Å²) in [6, 6.07) is 0. The van der Waals surface area contributed by atoms with Crippen LogP contribution in [0.2, 0.25) is 0 Å². The van der Waals surface area contributed by atoms with E-state index in [0.717, 1.165) is 0 Å². The third-order valence-electron chi connectivity index (χ3n) is 0. The molecule has 1 nitrogen and oxygen atoms in total. The van der Waals surface area contributed by atoms with Crippen molar-refractivity contribution in [3.63, 3.8) is 0 Å². The summed E-state index contributed by atoms with van der Waals surface area (Å²) in [5, 5.41) is 0. The van der Waals surface area contributed by atoms with Gasteiger partial charge in [0.05, 0.1) is 0 Å². The van der Waals surface area contributed by atoms with Gasteiger partial charge in [0.2, 0.25) is 0 Å². The van der Waals surface area contributed by atoms with Crippen molar-refractivity contribution in [2.75, 3.05) is 0 Å². The predicted molar refractivity (Wildman–Crippen MR) is 16.4 cm³/mol. The van der Waals surface area contributed by atoms with Gasteiger partial charge in [-0.15, -0.1) is 0 Å². The molecule has 0 bridgehead atoms. The summed E-state index contributed by atoms with van der Waals surface area (Å²) in [4.78, 5) is 9.42. The molecule has 0 saturated heterocycles. The second-order valence-electron chi connectivity index (χ2n) is 0.519. The fourth-order valence-corrected chi connectivity index (χ4v) is 0. The first-order valence-corrected chi connectivity index (χ1v) is 1.87. The third kappa shape index (κ3) is 64.4. The Bertz CT molecular complexity index is 29.0. The Hall–Kier alpha value is 0.228. The molecule has 0 aliphatic carbocycles. The molecule has 0 aromatic carbocycles. The van der Waals surface area contributed by atoms with E-state index in [0.29, 0.717) is 0 Å². The van der Waals surface area contributed by atoms with Gasteiger partial charge in [0.15, 0.2) is 0 Å². The van der Waals surface area contributed by atoms with Crippen LogP contribution >= 0.6 is 0 Å². The molecular formula is C2H3AsO. The summed E-state index contributed by atoms with van der Waals surface area (Å²) in [5.41, 5.74) is 0. The average molecular weight is 118 g/mol. The molecule has 0 aliphatic heterocycles. The Kier molecular flexibility index (Phi) is 1.63. The van der Waals surface area contributed by atoms with E-state index >= 15 is 0 Å². The zero-order valence-electron chi connectivity index (χ0n) is 2.36. The number of hydrogen-bond acceptors (Lipinski definition) is 1. The molecule has 0 fully saturated rings. The molecule has 4 heavy (non-hydrogen) atoms. The van der Waals surface area contributed by atoms with Gasteiger partial charge >= 0.3 is 33.1 Å². The molecule has 0 atom stereocenters. The van der Waals surface area contributed by atoms with Crippen molar-refractivity contribution in [2.24, 2.45) is 0 Å². The summed E-state index contributed by atoms with van der Waals surface area (Å²) in [5.74, 6) is 0. The van der Waals surface area contributed by atoms with E-state index in [1.165, 1.54) is 6.92 Å². The van der Waals surface area contributed by atoms with Crippen molar-refractivity contribution >= 4 is 21.4 Å². The van der Waals surface area contributed by atoms with Crippen molar-refractivity contribution in [1.29, 1.82) is 0 Å². The third-order valence-corrected chi connectivity index (χ3v) is 0. The summed E-state index contributed by atoms with van der Waals surface area (Å²) in [6.07, 6.45) is 0. The van der Waals surface area contributed by atoms with Gasteiger partial charge in [-0.3, -0.25) is 0 Å². The van der Waals surface area contributed by atoms with Gasteiger partial charge in [-0.25, -0.2) is 0 Å². The predicted octanol–water partition coefficient (Wildman–Crippen LogP) is -0.299. The first kappa shape index (κ1) is 4.23. The standard InChI is InChI=1S/C2H3AsO/c1-2(3)4/h1H3. The van der Waals surface area contributed by atoms with E-state index in [4.69, 9.17) is 0 Å². The topological polar surface area (TPSA) is 17.1 Å². The van der Waals surface area contributed by atoms with Crippen molar-refractivity contribution in [2.45, 2.75) is 6.92 Å². The van der Waals surface area contributed by atoms with Crippen LogP contribution < -0.4 is 0 Å². The summed E-state index contributed by atoms with van der Waals surface area (Å²) in [7, 11) is 0. The Labute approximate surface area is 33.9 Å². The van der Waals surface area contributed by atoms with Gasteiger partial charge in [0, 0.05) is 0 Å². The normalized spacial score (nSPS) is 6.50. The van der Waals surface area contributed by atoms with Crippen LogP contribution in [-0.4, -0.2) is 21.4 Å². The Morgan fingerprint density at radius 1 is 2.00 bits per heavy atom. The fraction of sp³-hybridized carbons (Fsp3) is 0.500. The summed E-state index contributed by atoms with van der Waals surface area (Å²) >= 11 is 1.90. The van der Waals surface area contributed by atoms with Gasteiger partial charge < -0.3 is 0 Å². The van der Waals surface area contributed by atoms with Crippen LogP contribution in [0.1, 0.15) is 6.92 Å². The Balaban J connectivity index is 2.80. The van der Waals surface area contributed by atoms with Crippen molar-refractivity contribution in [3.8, 4) is 0 Å². The monoisotopic (exact) mass is 118 g/mol. The quantitative estimate of drug-likeness (QED) is 0.399. The van der Waals surface area contributed by atoms with Crippen LogP contribution in [0.4, 0.5) is 0 Å². The molecule has 22 valence electrons. The van der Waals surface area contributed by atoms with Crippen molar-refractivity contribution in [1.82, 2.24) is 0 Å².